The standard InChI is InChI=1S/C11H19N/c1-9(2)6-7-11-5-4-8-12-10(11)3/h7,10,12H,1,4-6,8H2,2-3H3/b11-7-. The van der Waals surface area contributed by atoms with Gasteiger partial charge in [0, 0.05) is 6.04 Å². The third kappa shape index (κ3) is 2.82. The predicted octanol–water partition coefficient (Wildman–Crippen LogP) is 2.65. The van der Waals surface area contributed by atoms with E-state index in [9.17, 15) is 0 Å². The number of nitrogens with one attached hydrogen (secondary N) is 1. The molecule has 0 radical (unpaired) electrons. The second-order valence-electron chi connectivity index (χ2n) is 3.72. The maximum Gasteiger partial charge on any atom is 0.0251 e. The largest absolute Gasteiger partial charge is 0.311 e. The molecule has 0 bridgehead atoms. The molecule has 1 saturated heterocycles. The van der Waals surface area contributed by atoms with Gasteiger partial charge in [-0.1, -0.05) is 23.8 Å². The molecule has 0 aromatic carbocycles. The highest BCUT2D eigenvalue weighted by Gasteiger charge is 2.11. The highest BCUT2D eigenvalue weighted by molar-refractivity contribution is 5.15. The number of rotatable bonds is 2. The van der Waals surface area contributed by atoms with Crippen LogP contribution in [-0.4, -0.2) is 12.6 Å². The Hall–Kier alpha value is -0.560. The molecule has 1 nitrogen and oxygen atoms in total. The SMILES string of the molecule is C=C(C)C/C=C1/CCCNC1C. The second-order valence-corrected chi connectivity index (χ2v) is 3.72. The number of piperidine rings is 1. The van der Waals surface area contributed by atoms with Crippen LogP contribution in [0, 0.1) is 0 Å². The smallest absolute Gasteiger partial charge is 0.0251 e. The van der Waals surface area contributed by atoms with Crippen LogP contribution in [0.3, 0.4) is 0 Å². The maximum atomic E-state index is 3.90. The van der Waals surface area contributed by atoms with Crippen molar-refractivity contribution < 1.29 is 0 Å². The zero-order valence-electron chi connectivity index (χ0n) is 8.19. The fourth-order valence-corrected chi connectivity index (χ4v) is 1.54. The summed E-state index contributed by atoms with van der Waals surface area (Å²) in [7, 11) is 0. The van der Waals surface area contributed by atoms with Gasteiger partial charge in [0.1, 0.15) is 0 Å². The molecule has 0 aromatic heterocycles. The van der Waals surface area contributed by atoms with Crippen molar-refractivity contribution in [2.24, 2.45) is 0 Å². The fraction of sp³-hybridized carbons (Fsp3) is 0.636. The molecule has 1 N–H and O–H groups in total. The van der Waals surface area contributed by atoms with E-state index in [-0.39, 0.29) is 0 Å². The van der Waals surface area contributed by atoms with E-state index in [1.54, 1.807) is 5.57 Å². The van der Waals surface area contributed by atoms with Gasteiger partial charge in [-0.15, -0.1) is 0 Å². The van der Waals surface area contributed by atoms with Gasteiger partial charge in [-0.25, -0.2) is 0 Å². The monoisotopic (exact) mass is 165 g/mol. The van der Waals surface area contributed by atoms with Gasteiger partial charge in [0.05, 0.1) is 0 Å². The predicted molar refractivity (Wildman–Crippen MR) is 54.2 cm³/mol. The van der Waals surface area contributed by atoms with Crippen molar-refractivity contribution in [3.63, 3.8) is 0 Å². The van der Waals surface area contributed by atoms with Gasteiger partial charge in [0.25, 0.3) is 0 Å². The van der Waals surface area contributed by atoms with E-state index in [1.165, 1.54) is 25.0 Å². The molecule has 0 aromatic rings. The summed E-state index contributed by atoms with van der Waals surface area (Å²) in [4.78, 5) is 0. The Morgan fingerprint density at radius 3 is 3.08 bits per heavy atom. The molecule has 1 atom stereocenters. The molecule has 1 aliphatic heterocycles. The van der Waals surface area contributed by atoms with Crippen LogP contribution < -0.4 is 5.32 Å². The molecule has 1 heteroatoms. The summed E-state index contributed by atoms with van der Waals surface area (Å²) in [6.45, 7) is 9.39. The molecule has 1 fully saturated rings. The lowest BCUT2D eigenvalue weighted by molar-refractivity contribution is 0.515. The molecule has 0 spiro atoms. The minimum atomic E-state index is 0.582. The summed E-state index contributed by atoms with van der Waals surface area (Å²) in [5.41, 5.74) is 2.81. The molecule has 0 aliphatic carbocycles. The van der Waals surface area contributed by atoms with E-state index in [0.717, 1.165) is 6.42 Å². The lowest BCUT2D eigenvalue weighted by Gasteiger charge is -2.23. The highest BCUT2D eigenvalue weighted by atomic mass is 14.9. The van der Waals surface area contributed by atoms with Crippen LogP contribution in [-0.2, 0) is 0 Å². The van der Waals surface area contributed by atoms with Gasteiger partial charge >= 0.3 is 0 Å². The van der Waals surface area contributed by atoms with Gasteiger partial charge in [-0.2, -0.15) is 0 Å². The zero-order chi connectivity index (χ0) is 8.97. The van der Waals surface area contributed by atoms with Crippen molar-refractivity contribution in [3.8, 4) is 0 Å². The average Bonchev–Trinajstić information content (AvgIpc) is 2.03. The molecule has 1 heterocycles. The summed E-state index contributed by atoms with van der Waals surface area (Å²) >= 11 is 0. The normalized spacial score (nSPS) is 27.5. The van der Waals surface area contributed by atoms with E-state index in [0.29, 0.717) is 6.04 Å². The van der Waals surface area contributed by atoms with Crippen molar-refractivity contribution in [3.05, 3.63) is 23.8 Å². The molecule has 0 amide bonds. The number of hydrogen-bond acceptors (Lipinski definition) is 1. The fourth-order valence-electron chi connectivity index (χ4n) is 1.54. The summed E-state index contributed by atoms with van der Waals surface area (Å²) in [5, 5.41) is 3.46. The Morgan fingerprint density at radius 2 is 2.50 bits per heavy atom. The minimum Gasteiger partial charge on any atom is -0.311 e. The van der Waals surface area contributed by atoms with Crippen LogP contribution in [0.1, 0.15) is 33.1 Å². The van der Waals surface area contributed by atoms with Crippen molar-refractivity contribution in [2.45, 2.75) is 39.2 Å². The molecule has 1 rings (SSSR count). The summed E-state index contributed by atoms with van der Waals surface area (Å²) in [5.74, 6) is 0. The first kappa shape index (κ1) is 9.53. The molecule has 0 saturated carbocycles. The van der Waals surface area contributed by atoms with E-state index in [4.69, 9.17) is 0 Å². The van der Waals surface area contributed by atoms with Crippen LogP contribution in [0.25, 0.3) is 0 Å². The average molecular weight is 165 g/mol. The quantitative estimate of drug-likeness (QED) is 0.620. The summed E-state index contributed by atoms with van der Waals surface area (Å²) < 4.78 is 0. The molecular formula is C11H19N. The first-order valence-corrected chi connectivity index (χ1v) is 4.77. The van der Waals surface area contributed by atoms with Gasteiger partial charge < -0.3 is 5.32 Å². The molecule has 68 valence electrons. The molecular weight excluding hydrogens is 146 g/mol. The van der Waals surface area contributed by atoms with Gasteiger partial charge in [0.2, 0.25) is 0 Å². The Balaban J connectivity index is 2.47. The van der Waals surface area contributed by atoms with E-state index in [2.05, 4.69) is 31.8 Å². The van der Waals surface area contributed by atoms with Crippen molar-refractivity contribution >= 4 is 0 Å². The highest BCUT2D eigenvalue weighted by Crippen LogP contribution is 2.16. The van der Waals surface area contributed by atoms with Gasteiger partial charge in [-0.05, 0) is 39.7 Å². The third-order valence-electron chi connectivity index (χ3n) is 2.36. The maximum absolute atomic E-state index is 3.90. The summed E-state index contributed by atoms with van der Waals surface area (Å²) in [6, 6.07) is 0.582. The third-order valence-corrected chi connectivity index (χ3v) is 2.36. The van der Waals surface area contributed by atoms with Crippen LogP contribution in [0.2, 0.25) is 0 Å². The molecule has 12 heavy (non-hydrogen) atoms. The van der Waals surface area contributed by atoms with Crippen molar-refractivity contribution in [1.82, 2.24) is 5.32 Å². The number of hydrogen-bond donors (Lipinski definition) is 1. The minimum absolute atomic E-state index is 0.582. The summed E-state index contributed by atoms with van der Waals surface area (Å²) in [6.07, 6.45) is 5.92. The number of allylic oxidation sites excluding steroid dienone is 2. The Bertz CT molecular complexity index is 191. The Labute approximate surface area is 75.6 Å². The molecule has 1 aliphatic rings. The van der Waals surface area contributed by atoms with Crippen molar-refractivity contribution in [1.29, 1.82) is 0 Å². The Kier molecular flexibility index (Phi) is 3.54. The van der Waals surface area contributed by atoms with Crippen molar-refractivity contribution in [2.75, 3.05) is 6.54 Å². The topological polar surface area (TPSA) is 12.0 Å². The van der Waals surface area contributed by atoms with E-state index >= 15 is 0 Å². The first-order valence-electron chi connectivity index (χ1n) is 4.77. The van der Waals surface area contributed by atoms with Crippen LogP contribution >= 0.6 is 0 Å². The molecule has 1 unspecified atom stereocenters. The van der Waals surface area contributed by atoms with E-state index < -0.39 is 0 Å². The lowest BCUT2D eigenvalue weighted by Crippen LogP contribution is -2.33. The van der Waals surface area contributed by atoms with E-state index in [1.807, 2.05) is 0 Å². The van der Waals surface area contributed by atoms with Crippen LogP contribution in [0.15, 0.2) is 23.8 Å². The lowest BCUT2D eigenvalue weighted by atomic mass is 9.97. The first-order chi connectivity index (χ1) is 5.70. The van der Waals surface area contributed by atoms with Crippen LogP contribution in [0.5, 0.6) is 0 Å². The second kappa shape index (κ2) is 4.46. The zero-order valence-corrected chi connectivity index (χ0v) is 8.19. The van der Waals surface area contributed by atoms with Crippen LogP contribution in [0.4, 0.5) is 0 Å². The van der Waals surface area contributed by atoms with Gasteiger partial charge in [-0.3, -0.25) is 0 Å². The van der Waals surface area contributed by atoms with Gasteiger partial charge in [0.15, 0.2) is 0 Å². The Morgan fingerprint density at radius 1 is 1.75 bits per heavy atom.